The molecule has 0 fully saturated rings. The Hall–Kier alpha value is -0.876. The predicted molar refractivity (Wildman–Crippen MR) is 53.8 cm³/mol. The van der Waals surface area contributed by atoms with Crippen molar-refractivity contribution >= 4 is 17.9 Å². The molecule has 0 amide bonds. The summed E-state index contributed by atoms with van der Waals surface area (Å²) < 4.78 is 0. The molecule has 0 aliphatic heterocycles. The van der Waals surface area contributed by atoms with Crippen molar-refractivity contribution in [1.82, 2.24) is 0 Å². The summed E-state index contributed by atoms with van der Waals surface area (Å²) >= 11 is 0. The molecule has 0 aliphatic rings. The molecule has 0 bridgehead atoms. The second-order valence-electron chi connectivity index (χ2n) is 2.24. The summed E-state index contributed by atoms with van der Waals surface area (Å²) in [6.45, 7) is 4.80. The zero-order valence-corrected chi connectivity index (χ0v) is 11.2. The molecule has 16 heavy (non-hydrogen) atoms. The summed E-state index contributed by atoms with van der Waals surface area (Å²) in [5.74, 6) is -2.24. The van der Waals surface area contributed by atoms with E-state index in [0.29, 0.717) is 0 Å². The van der Waals surface area contributed by atoms with Gasteiger partial charge in [-0.05, 0) is 0 Å². The number of hydrogen-bond donors (Lipinski definition) is 3. The predicted octanol–water partition coefficient (Wildman–Crippen LogP) is 1.44. The van der Waals surface area contributed by atoms with Crippen LogP contribution in [0.2, 0.25) is 0 Å². The van der Waals surface area contributed by atoms with E-state index >= 15 is 0 Å². The van der Waals surface area contributed by atoms with Crippen molar-refractivity contribution in [2.75, 3.05) is 0 Å². The van der Waals surface area contributed by atoms with Crippen molar-refractivity contribution in [3.63, 3.8) is 0 Å². The number of carboxylic acids is 3. The zero-order valence-electron chi connectivity index (χ0n) is 9.69. The van der Waals surface area contributed by atoms with Gasteiger partial charge in [0.25, 0.3) is 0 Å². The molecule has 3 N–H and O–H groups in total. The summed E-state index contributed by atoms with van der Waals surface area (Å²) in [5, 5.41) is 23.2. The number of hydrogen-bond acceptors (Lipinski definition) is 3. The Morgan fingerprint density at radius 1 is 0.688 bits per heavy atom. The first kappa shape index (κ1) is 24.4. The molecule has 0 atom stereocenters. The molecule has 6 nitrogen and oxygen atoms in total. The Labute approximate surface area is 110 Å². The molecule has 0 unspecified atom stereocenters. The molecule has 0 heterocycles. The van der Waals surface area contributed by atoms with Crippen LogP contribution in [0.4, 0.5) is 0 Å². The van der Waals surface area contributed by atoms with E-state index in [0.717, 1.165) is 0 Å². The van der Waals surface area contributed by atoms with E-state index in [1.807, 2.05) is 0 Å². The van der Waals surface area contributed by atoms with E-state index in [2.05, 4.69) is 0 Å². The van der Waals surface area contributed by atoms with Crippen LogP contribution in [0, 0.1) is 0 Å². The van der Waals surface area contributed by atoms with Gasteiger partial charge in [-0.25, -0.2) is 0 Å². The van der Waals surface area contributed by atoms with Crippen LogP contribution in [0.3, 0.4) is 0 Å². The van der Waals surface area contributed by atoms with Crippen LogP contribution in [0.1, 0.15) is 40.0 Å². The largest absolute Gasteiger partial charge is 0.481 e. The van der Waals surface area contributed by atoms with Gasteiger partial charge >= 0.3 is 17.9 Å². The minimum Gasteiger partial charge on any atom is -0.481 e. The van der Waals surface area contributed by atoms with E-state index < -0.39 is 17.9 Å². The van der Waals surface area contributed by atoms with Gasteiger partial charge in [0.1, 0.15) is 0 Å². The van der Waals surface area contributed by atoms with Crippen molar-refractivity contribution in [1.29, 1.82) is 0 Å². The molecule has 94 valence electrons. The monoisotopic (exact) mass is 270 g/mol. The van der Waals surface area contributed by atoms with Crippen LogP contribution in [0.25, 0.3) is 0 Å². The standard InChI is InChI=1S/3C3H6O2.Ti/c3*1-2-3(4)5;/h3*2H2,1H3,(H,4,5);. The number of rotatable bonds is 3. The van der Waals surface area contributed by atoms with Crippen molar-refractivity contribution in [3.05, 3.63) is 0 Å². The molecule has 7 heteroatoms. The van der Waals surface area contributed by atoms with Crippen LogP contribution < -0.4 is 0 Å². The maximum absolute atomic E-state index is 9.37. The average molecular weight is 270 g/mol. The molecule has 0 saturated heterocycles. The smallest absolute Gasteiger partial charge is 0.303 e. The Morgan fingerprint density at radius 3 is 0.750 bits per heavy atom. The zero-order chi connectivity index (χ0) is 12.9. The molecule has 0 radical (unpaired) electrons. The summed E-state index contributed by atoms with van der Waals surface area (Å²) in [7, 11) is 0. The molecular weight excluding hydrogens is 252 g/mol. The first-order valence-electron chi connectivity index (χ1n) is 4.47. The fourth-order valence-corrected chi connectivity index (χ4v) is 0. The van der Waals surface area contributed by atoms with Crippen LogP contribution >= 0.6 is 0 Å². The minimum absolute atomic E-state index is 0. The third-order valence-corrected chi connectivity index (χ3v) is 0.907. The number of aliphatic carboxylic acids is 3. The van der Waals surface area contributed by atoms with Crippen molar-refractivity contribution < 1.29 is 51.4 Å². The first-order chi connectivity index (χ1) is 6.81. The maximum atomic E-state index is 9.37. The fourth-order valence-electron chi connectivity index (χ4n) is 0. The van der Waals surface area contributed by atoms with Gasteiger partial charge < -0.3 is 15.3 Å². The molecule has 0 aromatic carbocycles. The van der Waals surface area contributed by atoms with Gasteiger partial charge in [0.05, 0.1) is 0 Å². The Bertz CT molecular complexity index is 159. The van der Waals surface area contributed by atoms with Gasteiger partial charge in [0.2, 0.25) is 0 Å². The van der Waals surface area contributed by atoms with Crippen LogP contribution in [0.5, 0.6) is 0 Å². The van der Waals surface area contributed by atoms with Gasteiger partial charge in [-0.2, -0.15) is 0 Å². The third kappa shape index (κ3) is 73.5. The topological polar surface area (TPSA) is 112 Å². The Balaban J connectivity index is -0.0000000655. The second-order valence-corrected chi connectivity index (χ2v) is 2.24. The number of carbonyl (C=O) groups is 3. The van der Waals surface area contributed by atoms with E-state index in [9.17, 15) is 14.4 Å². The quantitative estimate of drug-likeness (QED) is 0.669. The SMILES string of the molecule is CCC(=O)O.CCC(=O)O.CCC(=O)O.[Ti]. The molecule has 0 saturated carbocycles. The van der Waals surface area contributed by atoms with E-state index in [-0.39, 0.29) is 41.0 Å². The summed E-state index contributed by atoms with van der Waals surface area (Å²) in [6, 6.07) is 0. The Kier molecular flexibility index (Phi) is 30.0. The molecule has 0 spiro atoms. The van der Waals surface area contributed by atoms with Gasteiger partial charge in [-0.15, -0.1) is 0 Å². The number of carboxylic acid groups (broad SMARTS) is 3. The summed E-state index contributed by atoms with van der Waals surface area (Å²) in [5.41, 5.74) is 0. The van der Waals surface area contributed by atoms with Crippen molar-refractivity contribution in [3.8, 4) is 0 Å². The van der Waals surface area contributed by atoms with E-state index in [4.69, 9.17) is 15.3 Å². The minimum atomic E-state index is -0.745. The van der Waals surface area contributed by atoms with Crippen molar-refractivity contribution in [2.24, 2.45) is 0 Å². The summed E-state index contributed by atoms with van der Waals surface area (Å²) in [4.78, 5) is 28.1. The maximum Gasteiger partial charge on any atom is 0.303 e. The van der Waals surface area contributed by atoms with Gasteiger partial charge in [-0.1, -0.05) is 20.8 Å². The third-order valence-electron chi connectivity index (χ3n) is 0.907. The van der Waals surface area contributed by atoms with E-state index in [1.165, 1.54) is 0 Å². The molecule has 0 aromatic rings. The van der Waals surface area contributed by atoms with E-state index in [1.54, 1.807) is 20.8 Å². The molecular formula is C9H18O6Ti. The van der Waals surface area contributed by atoms with Crippen LogP contribution in [-0.2, 0) is 36.1 Å². The molecule has 0 rings (SSSR count). The first-order valence-corrected chi connectivity index (χ1v) is 4.47. The fraction of sp³-hybridized carbons (Fsp3) is 0.667. The molecule has 0 aliphatic carbocycles. The summed E-state index contributed by atoms with van der Waals surface area (Å²) in [6.07, 6.45) is 0.667. The van der Waals surface area contributed by atoms with Gasteiger partial charge in [-0.3, -0.25) is 14.4 Å². The van der Waals surface area contributed by atoms with Gasteiger partial charge in [0, 0.05) is 41.0 Å². The Morgan fingerprint density at radius 2 is 0.750 bits per heavy atom. The van der Waals surface area contributed by atoms with Crippen molar-refractivity contribution in [2.45, 2.75) is 40.0 Å². The normalized spacial score (nSPS) is 6.94. The second kappa shape index (κ2) is 19.7. The van der Waals surface area contributed by atoms with Crippen LogP contribution in [-0.4, -0.2) is 33.2 Å². The van der Waals surface area contributed by atoms with Crippen LogP contribution in [0.15, 0.2) is 0 Å². The average Bonchev–Trinajstić information content (AvgIpc) is 2.19. The van der Waals surface area contributed by atoms with Gasteiger partial charge in [0.15, 0.2) is 0 Å². The molecule has 0 aromatic heterocycles.